The van der Waals surface area contributed by atoms with Crippen molar-refractivity contribution in [3.05, 3.63) is 107 Å². The Bertz CT molecular complexity index is 1400. The maximum absolute atomic E-state index is 12.7. The second-order valence-corrected chi connectivity index (χ2v) is 9.07. The van der Waals surface area contributed by atoms with Gasteiger partial charge in [0.05, 0.1) is 11.4 Å². The highest BCUT2D eigenvalue weighted by molar-refractivity contribution is 5.81. The average Bonchev–Trinajstić information content (AvgIpc) is 3.38. The van der Waals surface area contributed by atoms with Gasteiger partial charge in [0.2, 0.25) is 0 Å². The van der Waals surface area contributed by atoms with Crippen molar-refractivity contribution in [1.82, 2.24) is 15.1 Å². The van der Waals surface area contributed by atoms with Crippen LogP contribution in [0.3, 0.4) is 0 Å². The minimum absolute atomic E-state index is 0.0936. The number of aromatic nitrogens is 2. The number of rotatable bonds is 7. The number of nitrogens with zero attached hydrogens (tertiary/aromatic N) is 2. The largest absolute Gasteiger partial charge is 0.480 e. The van der Waals surface area contributed by atoms with Crippen molar-refractivity contribution < 1.29 is 19.4 Å². The van der Waals surface area contributed by atoms with E-state index >= 15 is 0 Å². The fourth-order valence-corrected chi connectivity index (χ4v) is 4.92. The molecule has 1 aliphatic rings. The summed E-state index contributed by atoms with van der Waals surface area (Å²) in [7, 11) is 0. The van der Waals surface area contributed by atoms with Crippen LogP contribution in [0.15, 0.2) is 78.9 Å². The van der Waals surface area contributed by atoms with E-state index in [2.05, 4.69) is 22.5 Å². The Morgan fingerprint density at radius 1 is 0.972 bits per heavy atom. The number of aliphatic carboxylic acids is 1. The Labute approximate surface area is 209 Å². The summed E-state index contributed by atoms with van der Waals surface area (Å²) in [5.74, 6) is -1.22. The Morgan fingerprint density at radius 3 is 2.25 bits per heavy atom. The van der Waals surface area contributed by atoms with Gasteiger partial charge in [-0.1, -0.05) is 60.7 Å². The first-order chi connectivity index (χ1) is 17.4. The van der Waals surface area contributed by atoms with E-state index in [1.54, 1.807) is 0 Å². The number of fused-ring (bicyclic) bond motifs is 3. The number of carboxylic acids is 1. The van der Waals surface area contributed by atoms with Crippen LogP contribution < -0.4 is 5.32 Å². The summed E-state index contributed by atoms with van der Waals surface area (Å²) in [6, 6.07) is 24.5. The lowest BCUT2D eigenvalue weighted by Crippen LogP contribution is -2.42. The van der Waals surface area contributed by atoms with Crippen molar-refractivity contribution in [3.63, 3.8) is 0 Å². The number of carboxylic acid groups (broad SMARTS) is 1. The lowest BCUT2D eigenvalue weighted by Gasteiger charge is -2.18. The number of hydrogen-bond donors (Lipinski definition) is 2. The number of carbonyl (C=O) groups is 2. The van der Waals surface area contributed by atoms with E-state index < -0.39 is 18.1 Å². The first-order valence-corrected chi connectivity index (χ1v) is 11.9. The van der Waals surface area contributed by atoms with Gasteiger partial charge in [0.15, 0.2) is 0 Å². The number of carbonyl (C=O) groups excluding carboxylic acids is 1. The topological polar surface area (TPSA) is 93.5 Å². The molecule has 7 nitrogen and oxygen atoms in total. The van der Waals surface area contributed by atoms with E-state index in [1.165, 1.54) is 0 Å². The fraction of sp³-hybridized carbons (Fsp3) is 0.207. The molecule has 5 rings (SSSR count). The quantitative estimate of drug-likeness (QED) is 0.386. The molecule has 182 valence electrons. The second-order valence-electron chi connectivity index (χ2n) is 9.07. The SMILES string of the molecule is Cc1cc(C)n(-c2cccc(CC(NC(=O)OCC3c4ccccc4-c4ccccc43)C(=O)O)c2)n1. The molecule has 0 saturated carbocycles. The predicted octanol–water partition coefficient (Wildman–Crippen LogP) is 5.02. The van der Waals surface area contributed by atoms with E-state index in [4.69, 9.17) is 4.74 Å². The first-order valence-electron chi connectivity index (χ1n) is 11.9. The van der Waals surface area contributed by atoms with Gasteiger partial charge in [0.25, 0.3) is 0 Å². The fourth-order valence-electron chi connectivity index (χ4n) is 4.92. The number of amides is 1. The summed E-state index contributed by atoms with van der Waals surface area (Å²) in [4.78, 5) is 24.6. The molecule has 0 radical (unpaired) electrons. The molecule has 1 aromatic heterocycles. The van der Waals surface area contributed by atoms with E-state index in [9.17, 15) is 14.7 Å². The third-order valence-electron chi connectivity index (χ3n) is 6.54. The van der Waals surface area contributed by atoms with Crippen LogP contribution in [-0.2, 0) is 16.0 Å². The minimum atomic E-state index is -1.13. The second kappa shape index (κ2) is 9.70. The predicted molar refractivity (Wildman–Crippen MR) is 136 cm³/mol. The number of benzene rings is 3. The molecule has 0 fully saturated rings. The smallest absolute Gasteiger partial charge is 0.407 e. The molecule has 36 heavy (non-hydrogen) atoms. The molecular weight excluding hydrogens is 454 g/mol. The van der Waals surface area contributed by atoms with Gasteiger partial charge in [0, 0.05) is 18.0 Å². The van der Waals surface area contributed by atoms with E-state index in [-0.39, 0.29) is 18.9 Å². The molecule has 3 aromatic carbocycles. The number of aryl methyl sites for hydroxylation is 2. The molecule has 1 unspecified atom stereocenters. The van der Waals surface area contributed by atoms with Crippen molar-refractivity contribution in [3.8, 4) is 16.8 Å². The van der Waals surface area contributed by atoms with E-state index in [1.807, 2.05) is 85.3 Å². The van der Waals surface area contributed by atoms with Crippen molar-refractivity contribution in [2.45, 2.75) is 32.2 Å². The summed E-state index contributed by atoms with van der Waals surface area (Å²) in [5.41, 5.74) is 7.95. The Hall–Kier alpha value is -4.39. The van der Waals surface area contributed by atoms with Crippen molar-refractivity contribution in [1.29, 1.82) is 0 Å². The van der Waals surface area contributed by atoms with Crippen LogP contribution in [0.25, 0.3) is 16.8 Å². The van der Waals surface area contributed by atoms with Gasteiger partial charge in [-0.3, -0.25) is 0 Å². The molecule has 1 heterocycles. The Balaban J connectivity index is 1.26. The van der Waals surface area contributed by atoms with Crippen LogP contribution in [0, 0.1) is 13.8 Å². The van der Waals surface area contributed by atoms with Gasteiger partial charge >= 0.3 is 12.1 Å². The molecule has 7 heteroatoms. The summed E-state index contributed by atoms with van der Waals surface area (Å²) in [5, 5.41) is 16.8. The van der Waals surface area contributed by atoms with Crippen LogP contribution >= 0.6 is 0 Å². The lowest BCUT2D eigenvalue weighted by molar-refractivity contribution is -0.139. The third-order valence-corrected chi connectivity index (χ3v) is 6.54. The standard InChI is InChI=1S/C29H27N3O4/c1-18-14-19(2)32(31-18)21-9-7-8-20(15-21)16-27(28(33)34)30-29(35)36-17-26-24-12-5-3-10-22(24)23-11-4-6-13-25(23)26/h3-15,26-27H,16-17H2,1-2H3,(H,30,35)(H,33,34). The van der Waals surface area contributed by atoms with Gasteiger partial charge in [-0.05, 0) is 59.9 Å². The maximum atomic E-state index is 12.7. The Kier molecular flexibility index (Phi) is 6.29. The van der Waals surface area contributed by atoms with Crippen molar-refractivity contribution in [2.75, 3.05) is 6.61 Å². The van der Waals surface area contributed by atoms with Gasteiger partial charge in [-0.15, -0.1) is 0 Å². The zero-order valence-electron chi connectivity index (χ0n) is 20.1. The highest BCUT2D eigenvalue weighted by Crippen LogP contribution is 2.44. The molecule has 0 bridgehead atoms. The third kappa shape index (κ3) is 4.60. The molecule has 0 spiro atoms. The van der Waals surface area contributed by atoms with E-state index in [0.717, 1.165) is 44.9 Å². The first kappa shape index (κ1) is 23.4. The van der Waals surface area contributed by atoms with Gasteiger partial charge in [0.1, 0.15) is 12.6 Å². The monoisotopic (exact) mass is 481 g/mol. The number of hydrogen-bond acceptors (Lipinski definition) is 4. The van der Waals surface area contributed by atoms with Crippen LogP contribution in [0.1, 0.15) is 34.0 Å². The minimum Gasteiger partial charge on any atom is -0.480 e. The normalized spacial score (nSPS) is 13.1. The zero-order valence-corrected chi connectivity index (χ0v) is 20.1. The molecular formula is C29H27N3O4. The molecule has 1 amide bonds. The molecule has 0 aliphatic heterocycles. The average molecular weight is 482 g/mol. The summed E-state index contributed by atoms with van der Waals surface area (Å²) >= 11 is 0. The Morgan fingerprint density at radius 2 is 1.64 bits per heavy atom. The van der Waals surface area contributed by atoms with Crippen molar-refractivity contribution >= 4 is 12.1 Å². The summed E-state index contributed by atoms with van der Waals surface area (Å²) in [6.07, 6.45) is -0.633. The highest BCUT2D eigenvalue weighted by Gasteiger charge is 2.29. The summed E-state index contributed by atoms with van der Waals surface area (Å²) < 4.78 is 7.36. The van der Waals surface area contributed by atoms with E-state index in [0.29, 0.717) is 0 Å². The zero-order chi connectivity index (χ0) is 25.2. The van der Waals surface area contributed by atoms with Gasteiger partial charge in [-0.25, -0.2) is 14.3 Å². The van der Waals surface area contributed by atoms with Gasteiger partial charge < -0.3 is 15.2 Å². The summed E-state index contributed by atoms with van der Waals surface area (Å²) in [6.45, 7) is 4.01. The number of alkyl carbamates (subject to hydrolysis) is 1. The highest BCUT2D eigenvalue weighted by atomic mass is 16.5. The molecule has 1 aliphatic carbocycles. The maximum Gasteiger partial charge on any atom is 0.407 e. The molecule has 1 atom stereocenters. The van der Waals surface area contributed by atoms with Crippen LogP contribution in [0.4, 0.5) is 4.79 Å². The van der Waals surface area contributed by atoms with Crippen LogP contribution in [-0.4, -0.2) is 39.6 Å². The number of ether oxygens (including phenoxy) is 1. The van der Waals surface area contributed by atoms with Crippen molar-refractivity contribution in [2.24, 2.45) is 0 Å². The molecule has 0 saturated heterocycles. The van der Waals surface area contributed by atoms with Gasteiger partial charge in [-0.2, -0.15) is 5.10 Å². The van der Waals surface area contributed by atoms with Crippen LogP contribution in [0.2, 0.25) is 0 Å². The lowest BCUT2D eigenvalue weighted by atomic mass is 9.98. The number of nitrogens with one attached hydrogen (secondary N) is 1. The molecule has 2 N–H and O–H groups in total. The van der Waals surface area contributed by atoms with Crippen LogP contribution in [0.5, 0.6) is 0 Å². The molecule has 4 aromatic rings.